The monoisotopic (exact) mass is 392 g/mol. The minimum Gasteiger partial charge on any atom is -0.489 e. The second-order valence-electron chi connectivity index (χ2n) is 5.96. The van der Waals surface area contributed by atoms with E-state index >= 15 is 0 Å². The molecule has 1 aromatic carbocycles. The standard InChI is InChI=1S/C22H20N2O5/c1-27-21(25)19-7-3-4-13-24(20(19)22(26)28-2)17-8-10-18(11-9-17)29-15-16-6-5-12-23-14-16/h3-14H,15H2,1-2H3. The fourth-order valence-corrected chi connectivity index (χ4v) is 2.72. The summed E-state index contributed by atoms with van der Waals surface area (Å²) < 4.78 is 15.5. The maximum Gasteiger partial charge on any atom is 0.355 e. The van der Waals surface area contributed by atoms with Gasteiger partial charge in [-0.05, 0) is 42.5 Å². The van der Waals surface area contributed by atoms with Gasteiger partial charge in [0.2, 0.25) is 0 Å². The van der Waals surface area contributed by atoms with E-state index in [1.807, 2.05) is 12.1 Å². The van der Waals surface area contributed by atoms with E-state index in [4.69, 9.17) is 14.2 Å². The maximum absolute atomic E-state index is 12.4. The molecule has 0 aliphatic carbocycles. The molecule has 0 fully saturated rings. The molecule has 0 radical (unpaired) electrons. The first-order chi connectivity index (χ1) is 14.1. The Kier molecular flexibility index (Phi) is 6.42. The molecule has 1 aromatic heterocycles. The molecule has 0 N–H and O–H groups in total. The van der Waals surface area contributed by atoms with Crippen molar-refractivity contribution in [3.05, 3.63) is 90.1 Å². The number of aromatic nitrogens is 1. The zero-order valence-corrected chi connectivity index (χ0v) is 16.1. The van der Waals surface area contributed by atoms with Crippen molar-refractivity contribution in [2.24, 2.45) is 0 Å². The number of rotatable bonds is 6. The Morgan fingerprint density at radius 1 is 1.00 bits per heavy atom. The highest BCUT2D eigenvalue weighted by Crippen LogP contribution is 2.28. The van der Waals surface area contributed by atoms with Crippen LogP contribution >= 0.6 is 0 Å². The van der Waals surface area contributed by atoms with E-state index in [-0.39, 0.29) is 11.3 Å². The molecule has 7 nitrogen and oxygen atoms in total. The van der Waals surface area contributed by atoms with Gasteiger partial charge in [-0.15, -0.1) is 0 Å². The van der Waals surface area contributed by atoms with Crippen molar-refractivity contribution in [3.63, 3.8) is 0 Å². The lowest BCUT2D eigenvalue weighted by molar-refractivity contribution is -0.139. The van der Waals surface area contributed by atoms with Crippen LogP contribution in [0.5, 0.6) is 5.75 Å². The van der Waals surface area contributed by atoms with Crippen molar-refractivity contribution >= 4 is 17.6 Å². The predicted molar refractivity (Wildman–Crippen MR) is 107 cm³/mol. The normalized spacial score (nSPS) is 13.1. The van der Waals surface area contributed by atoms with Gasteiger partial charge in [0.1, 0.15) is 18.1 Å². The SMILES string of the molecule is COC(=O)C1=C(C(=O)OC)N(c2ccc(OCc3cccnc3)cc2)C=CC=C1. The van der Waals surface area contributed by atoms with E-state index in [2.05, 4.69) is 4.98 Å². The van der Waals surface area contributed by atoms with Gasteiger partial charge < -0.3 is 19.1 Å². The van der Waals surface area contributed by atoms with Crippen LogP contribution in [0.25, 0.3) is 0 Å². The molecule has 0 saturated carbocycles. The molecular weight excluding hydrogens is 372 g/mol. The number of esters is 2. The first kappa shape index (κ1) is 19.9. The fraction of sp³-hybridized carbons (Fsp3) is 0.136. The first-order valence-corrected chi connectivity index (χ1v) is 8.81. The highest BCUT2D eigenvalue weighted by Gasteiger charge is 2.27. The average Bonchev–Trinajstić information content (AvgIpc) is 3.00. The van der Waals surface area contributed by atoms with Crippen LogP contribution in [0.2, 0.25) is 0 Å². The Labute approximate surface area is 168 Å². The second-order valence-corrected chi connectivity index (χ2v) is 5.96. The van der Waals surface area contributed by atoms with Crippen LogP contribution in [0.1, 0.15) is 5.56 Å². The quantitative estimate of drug-likeness (QED) is 0.699. The summed E-state index contributed by atoms with van der Waals surface area (Å²) in [6.07, 6.45) is 10.00. The van der Waals surface area contributed by atoms with Crippen molar-refractivity contribution in [2.45, 2.75) is 6.61 Å². The van der Waals surface area contributed by atoms with Crippen LogP contribution < -0.4 is 9.64 Å². The van der Waals surface area contributed by atoms with Gasteiger partial charge in [0, 0.05) is 29.8 Å². The van der Waals surface area contributed by atoms with Crippen molar-refractivity contribution in [2.75, 3.05) is 19.1 Å². The number of pyridine rings is 1. The molecule has 1 aliphatic heterocycles. The van der Waals surface area contributed by atoms with Crippen LogP contribution in [-0.4, -0.2) is 31.1 Å². The average molecular weight is 392 g/mol. The largest absolute Gasteiger partial charge is 0.489 e. The van der Waals surface area contributed by atoms with Crippen LogP contribution in [0.15, 0.2) is 84.5 Å². The van der Waals surface area contributed by atoms with Gasteiger partial charge in [-0.1, -0.05) is 12.1 Å². The molecule has 7 heteroatoms. The van der Waals surface area contributed by atoms with Gasteiger partial charge in [0.15, 0.2) is 0 Å². The lowest BCUT2D eigenvalue weighted by Crippen LogP contribution is -2.26. The Balaban J connectivity index is 1.87. The van der Waals surface area contributed by atoms with Crippen LogP contribution in [0.3, 0.4) is 0 Å². The molecule has 0 saturated heterocycles. The van der Waals surface area contributed by atoms with Gasteiger partial charge in [-0.25, -0.2) is 9.59 Å². The minimum absolute atomic E-state index is 0.0633. The number of anilines is 1. The minimum atomic E-state index is -0.654. The molecule has 148 valence electrons. The Bertz CT molecular complexity index is 962. The molecule has 3 rings (SSSR count). The zero-order valence-electron chi connectivity index (χ0n) is 16.1. The third kappa shape index (κ3) is 4.70. The number of hydrogen-bond acceptors (Lipinski definition) is 7. The summed E-state index contributed by atoms with van der Waals surface area (Å²) in [6.45, 7) is 0.389. The molecule has 0 spiro atoms. The van der Waals surface area contributed by atoms with Crippen LogP contribution in [0, 0.1) is 0 Å². The second kappa shape index (κ2) is 9.36. The van der Waals surface area contributed by atoms with Crippen LogP contribution in [0.4, 0.5) is 5.69 Å². The lowest BCUT2D eigenvalue weighted by atomic mass is 10.1. The van der Waals surface area contributed by atoms with Crippen LogP contribution in [-0.2, 0) is 25.7 Å². The van der Waals surface area contributed by atoms with E-state index in [0.717, 1.165) is 5.56 Å². The van der Waals surface area contributed by atoms with Crippen molar-refractivity contribution in [3.8, 4) is 5.75 Å². The summed E-state index contributed by atoms with van der Waals surface area (Å²) in [5, 5.41) is 0. The van der Waals surface area contributed by atoms with E-state index in [0.29, 0.717) is 18.0 Å². The third-order valence-corrected chi connectivity index (χ3v) is 4.13. The van der Waals surface area contributed by atoms with E-state index < -0.39 is 11.9 Å². The van der Waals surface area contributed by atoms with E-state index in [1.54, 1.807) is 59.9 Å². The molecule has 0 bridgehead atoms. The van der Waals surface area contributed by atoms with E-state index in [1.165, 1.54) is 20.3 Å². The highest BCUT2D eigenvalue weighted by molar-refractivity contribution is 6.05. The van der Waals surface area contributed by atoms with Crippen molar-refractivity contribution in [1.82, 2.24) is 4.98 Å². The predicted octanol–water partition coefficient (Wildman–Crippen LogP) is 3.15. The fourth-order valence-electron chi connectivity index (χ4n) is 2.72. The summed E-state index contributed by atoms with van der Waals surface area (Å²) >= 11 is 0. The number of methoxy groups -OCH3 is 2. The Morgan fingerprint density at radius 2 is 1.76 bits per heavy atom. The van der Waals surface area contributed by atoms with Gasteiger partial charge in [-0.2, -0.15) is 0 Å². The molecule has 2 aromatic rings. The van der Waals surface area contributed by atoms with Gasteiger partial charge in [0.25, 0.3) is 0 Å². The molecule has 29 heavy (non-hydrogen) atoms. The number of benzene rings is 1. The number of carbonyl (C=O) groups excluding carboxylic acids is 2. The molecular formula is C22H20N2O5. The number of carbonyl (C=O) groups is 2. The van der Waals surface area contributed by atoms with Gasteiger partial charge in [0.05, 0.1) is 19.8 Å². The summed E-state index contributed by atoms with van der Waals surface area (Å²) in [5.74, 6) is -0.628. The Morgan fingerprint density at radius 3 is 2.41 bits per heavy atom. The zero-order chi connectivity index (χ0) is 20.6. The summed E-state index contributed by atoms with van der Waals surface area (Å²) in [7, 11) is 2.52. The number of ether oxygens (including phenoxy) is 3. The van der Waals surface area contributed by atoms with Gasteiger partial charge >= 0.3 is 11.9 Å². The smallest absolute Gasteiger partial charge is 0.355 e. The molecule has 0 unspecified atom stereocenters. The van der Waals surface area contributed by atoms with E-state index in [9.17, 15) is 9.59 Å². The molecule has 0 atom stereocenters. The first-order valence-electron chi connectivity index (χ1n) is 8.81. The molecule has 1 aliphatic rings. The van der Waals surface area contributed by atoms with Crippen molar-refractivity contribution in [1.29, 1.82) is 0 Å². The van der Waals surface area contributed by atoms with Crippen molar-refractivity contribution < 1.29 is 23.8 Å². The lowest BCUT2D eigenvalue weighted by Gasteiger charge is -2.23. The highest BCUT2D eigenvalue weighted by atomic mass is 16.5. The summed E-state index contributed by atoms with van der Waals surface area (Å²) in [4.78, 5) is 30.2. The molecule has 2 heterocycles. The third-order valence-electron chi connectivity index (χ3n) is 4.13. The summed E-state index contributed by atoms with van der Waals surface area (Å²) in [5.41, 5.74) is 1.77. The maximum atomic E-state index is 12.4. The van der Waals surface area contributed by atoms with Gasteiger partial charge in [-0.3, -0.25) is 4.98 Å². The number of hydrogen-bond donors (Lipinski definition) is 0. The number of allylic oxidation sites excluding steroid dienone is 2. The molecule has 0 amide bonds. The number of nitrogens with zero attached hydrogens (tertiary/aromatic N) is 2. The topological polar surface area (TPSA) is 78.0 Å². The summed E-state index contributed by atoms with van der Waals surface area (Å²) in [6, 6.07) is 10.9. The Hall–Kier alpha value is -3.87.